The molecule has 0 saturated carbocycles. The number of pyridine rings is 4. The van der Waals surface area contributed by atoms with Crippen LogP contribution in [-0.2, 0) is 0 Å². The largest absolute Gasteiger partial charge is 0.287 e. The van der Waals surface area contributed by atoms with Gasteiger partial charge in [-0.1, -0.05) is 153 Å². The van der Waals surface area contributed by atoms with Gasteiger partial charge in [0.1, 0.15) is 22.1 Å². The Hall–Kier alpha value is -6.96. The van der Waals surface area contributed by atoms with Crippen LogP contribution >= 0.6 is 63.7 Å². The Morgan fingerprint density at radius 1 is 0.265 bits per heavy atom. The minimum atomic E-state index is -0.0485. The van der Waals surface area contributed by atoms with Gasteiger partial charge in [-0.05, 0) is 96.5 Å². The number of benzene rings is 4. The second-order valence-corrected chi connectivity index (χ2v) is 18.5. The van der Waals surface area contributed by atoms with Crippen LogP contribution in [0.5, 0.6) is 0 Å². The van der Waals surface area contributed by atoms with Gasteiger partial charge >= 0.3 is 0 Å². The van der Waals surface area contributed by atoms with Gasteiger partial charge in [-0.25, -0.2) is 0 Å². The van der Waals surface area contributed by atoms with Crippen molar-refractivity contribution in [3.8, 4) is 0 Å². The fourth-order valence-corrected chi connectivity index (χ4v) is 10.1. The Morgan fingerprint density at radius 2 is 0.603 bits per heavy atom. The van der Waals surface area contributed by atoms with E-state index >= 15 is 0 Å². The lowest BCUT2D eigenvalue weighted by Gasteiger charge is -1.96. The van der Waals surface area contributed by atoms with E-state index in [0.717, 1.165) is 66.4 Å². The highest BCUT2D eigenvalue weighted by Gasteiger charge is 2.12. The fraction of sp³-hybridized carbons (Fsp3) is 0. The summed E-state index contributed by atoms with van der Waals surface area (Å²) in [6, 6.07) is 52.9. The van der Waals surface area contributed by atoms with Crippen molar-refractivity contribution in [3.63, 3.8) is 0 Å². The normalized spacial score (nSPS) is 10.9. The van der Waals surface area contributed by atoms with Crippen molar-refractivity contribution in [3.05, 3.63) is 253 Å². The first kappa shape index (κ1) is 46.2. The maximum absolute atomic E-state index is 12.5. The van der Waals surface area contributed by atoms with E-state index in [0.29, 0.717) is 38.2 Å². The van der Waals surface area contributed by atoms with Crippen LogP contribution < -0.4 is 21.7 Å². The molecule has 12 heteroatoms. The maximum atomic E-state index is 12.5. The number of halogens is 4. The molecule has 12 aromatic rings. The van der Waals surface area contributed by atoms with E-state index in [-0.39, 0.29) is 21.7 Å². The van der Waals surface area contributed by atoms with Crippen molar-refractivity contribution in [2.24, 2.45) is 0 Å². The van der Waals surface area contributed by atoms with E-state index in [9.17, 15) is 19.2 Å². The van der Waals surface area contributed by atoms with Crippen LogP contribution in [0.3, 0.4) is 0 Å². The molecule has 0 amide bonds. The quantitative estimate of drug-likeness (QED) is 0.147. The summed E-state index contributed by atoms with van der Waals surface area (Å²) in [7, 11) is 0. The number of aromatic nitrogens is 4. The lowest BCUT2D eigenvalue weighted by Crippen LogP contribution is -1.99. The minimum Gasteiger partial charge on any atom is -0.287 e. The van der Waals surface area contributed by atoms with E-state index in [1.165, 1.54) is 0 Å². The Balaban J connectivity index is 0.000000113. The maximum Gasteiger partial charge on any atom is 0.212 e. The SMILES string of the molecule is O=c1c2ccccc2c(Br)c(Br)c2cccnc12.O=c1c2ccccc2c(Br)cc2cccnc12.O=c1c2ccccc2cc(Br)c2cccnc12.O=c1c2ccccc2ccc2cccnc12. The smallest absolute Gasteiger partial charge is 0.212 e. The van der Waals surface area contributed by atoms with Gasteiger partial charge in [0.05, 0.1) is 0 Å². The van der Waals surface area contributed by atoms with E-state index in [2.05, 4.69) is 83.7 Å². The zero-order valence-corrected chi connectivity index (χ0v) is 41.8. The summed E-state index contributed by atoms with van der Waals surface area (Å²) in [5, 5.41) is 9.81. The number of hydrogen-bond acceptors (Lipinski definition) is 8. The monoisotopic (exact) mass is 1140 g/mol. The summed E-state index contributed by atoms with van der Waals surface area (Å²) < 4.78 is 3.52. The lowest BCUT2D eigenvalue weighted by molar-refractivity contribution is 1.40. The first-order valence-electron chi connectivity index (χ1n) is 20.9. The van der Waals surface area contributed by atoms with Crippen molar-refractivity contribution in [2.75, 3.05) is 0 Å². The molecule has 4 aromatic heterocycles. The topological polar surface area (TPSA) is 120 Å². The summed E-state index contributed by atoms with van der Waals surface area (Å²) in [6.07, 6.45) is 6.58. The predicted octanol–water partition coefficient (Wildman–Crippen LogP) is 14.0. The number of hydrogen-bond donors (Lipinski definition) is 0. The molecular formula is C56H32Br4N4O4. The van der Waals surface area contributed by atoms with Gasteiger partial charge in [0.25, 0.3) is 0 Å². The van der Waals surface area contributed by atoms with Crippen LogP contribution in [0.25, 0.3) is 86.7 Å². The van der Waals surface area contributed by atoms with Crippen molar-refractivity contribution in [2.45, 2.75) is 0 Å². The van der Waals surface area contributed by atoms with E-state index in [4.69, 9.17) is 0 Å². The molecular weight excluding hydrogens is 1110 g/mol. The molecule has 328 valence electrons. The third-order valence-electron chi connectivity index (χ3n) is 11.1. The zero-order valence-electron chi connectivity index (χ0n) is 35.4. The predicted molar refractivity (Wildman–Crippen MR) is 293 cm³/mol. The Bertz CT molecular complexity index is 3960. The number of nitrogens with zero attached hydrogens (tertiary/aromatic N) is 4. The third kappa shape index (κ3) is 9.33. The van der Waals surface area contributed by atoms with Crippen LogP contribution in [0.2, 0.25) is 0 Å². The Morgan fingerprint density at radius 3 is 1.26 bits per heavy atom. The second-order valence-electron chi connectivity index (χ2n) is 15.2. The summed E-state index contributed by atoms with van der Waals surface area (Å²) in [6.45, 7) is 0. The van der Waals surface area contributed by atoms with E-state index < -0.39 is 0 Å². The number of fused-ring (bicyclic) bond motifs is 8. The van der Waals surface area contributed by atoms with Crippen molar-refractivity contribution >= 4 is 150 Å². The standard InChI is InChI=1S/C14H7Br2NO.2C14H8BrNO.C14H9NO/c15-11-8-4-1-2-5-9(8)14(18)13-10(12(11)16)6-3-7-17-13;15-12-8-9-4-3-7-16-13(9)14(17)11-6-2-1-5-10(11)12;15-12-8-9-4-1-2-5-10(9)14(17)13-11(12)6-3-7-16-13;16-14-12-6-2-1-4-10(12)7-8-11-5-3-9-15-13(11)14/h1-7H;2*1-8H;1-9H. The molecule has 0 atom stereocenters. The molecule has 8 nitrogen and oxygen atoms in total. The molecule has 0 spiro atoms. The minimum absolute atomic E-state index is 0.00352. The van der Waals surface area contributed by atoms with Crippen LogP contribution in [0.4, 0.5) is 0 Å². The van der Waals surface area contributed by atoms with Gasteiger partial charge in [0, 0.05) is 91.2 Å². The lowest BCUT2D eigenvalue weighted by atomic mass is 10.2. The average Bonchev–Trinajstić information content (AvgIpc) is 3.69. The zero-order chi connectivity index (χ0) is 47.3. The van der Waals surface area contributed by atoms with Crippen molar-refractivity contribution in [1.29, 1.82) is 0 Å². The van der Waals surface area contributed by atoms with Gasteiger partial charge in [0.15, 0.2) is 0 Å². The summed E-state index contributed by atoms with van der Waals surface area (Å²) >= 11 is 14.1. The van der Waals surface area contributed by atoms with Crippen LogP contribution in [-0.4, -0.2) is 19.9 Å². The van der Waals surface area contributed by atoms with Crippen molar-refractivity contribution < 1.29 is 0 Å². The molecule has 0 saturated heterocycles. The molecule has 68 heavy (non-hydrogen) atoms. The van der Waals surface area contributed by atoms with Crippen molar-refractivity contribution in [1.82, 2.24) is 19.9 Å². The van der Waals surface area contributed by atoms with Crippen LogP contribution in [0.1, 0.15) is 0 Å². The van der Waals surface area contributed by atoms with Gasteiger partial charge in [-0.3, -0.25) is 39.1 Å². The Labute approximate surface area is 420 Å². The molecule has 8 aromatic carbocycles. The average molecular weight is 1140 g/mol. The van der Waals surface area contributed by atoms with Gasteiger partial charge in [-0.2, -0.15) is 0 Å². The first-order valence-corrected chi connectivity index (χ1v) is 24.1. The molecule has 0 unspecified atom stereocenters. The highest BCUT2D eigenvalue weighted by atomic mass is 79.9. The Kier molecular flexibility index (Phi) is 13.9. The molecule has 12 rings (SSSR count). The highest BCUT2D eigenvalue weighted by molar-refractivity contribution is 9.13. The second kappa shape index (κ2) is 20.5. The van der Waals surface area contributed by atoms with Gasteiger partial charge in [-0.15, -0.1) is 0 Å². The summed E-state index contributed by atoms with van der Waals surface area (Å²) in [4.78, 5) is 66.2. The summed E-state index contributed by atoms with van der Waals surface area (Å²) in [5.74, 6) is 0. The summed E-state index contributed by atoms with van der Waals surface area (Å²) in [5.41, 5.74) is 1.91. The third-order valence-corrected chi connectivity index (χ3v) is 14.6. The molecule has 4 heterocycles. The van der Waals surface area contributed by atoms with Crippen LogP contribution in [0.15, 0.2) is 232 Å². The molecule has 0 N–H and O–H groups in total. The van der Waals surface area contributed by atoms with Gasteiger partial charge in [0.2, 0.25) is 21.7 Å². The molecule has 0 radical (unpaired) electrons. The first-order chi connectivity index (χ1) is 33.1. The molecule has 0 aliphatic rings. The fourth-order valence-electron chi connectivity index (χ4n) is 7.80. The molecule has 0 bridgehead atoms. The molecule has 0 aliphatic heterocycles. The molecule has 0 fully saturated rings. The van der Waals surface area contributed by atoms with Crippen LogP contribution in [0, 0.1) is 0 Å². The highest BCUT2D eigenvalue weighted by Crippen LogP contribution is 2.33. The van der Waals surface area contributed by atoms with E-state index in [1.807, 2.05) is 170 Å². The molecule has 0 aliphatic carbocycles. The van der Waals surface area contributed by atoms with Gasteiger partial charge < -0.3 is 0 Å². The number of rotatable bonds is 0. The van der Waals surface area contributed by atoms with E-state index in [1.54, 1.807) is 24.8 Å².